The number of thioether (sulfide) groups is 1. The molecule has 2 aliphatic heterocycles. The Hall–Kier alpha value is -12.8. The van der Waals surface area contributed by atoms with Crippen LogP contribution in [-0.4, -0.2) is 278 Å². The van der Waals surface area contributed by atoms with E-state index in [1.165, 1.54) is 53.7 Å². The lowest BCUT2D eigenvalue weighted by Crippen LogP contribution is -2.63. The Morgan fingerprint density at radius 1 is 0.504 bits per heavy atom. The molecule has 129 heavy (non-hydrogen) atoms. The summed E-state index contributed by atoms with van der Waals surface area (Å²) in [4.78, 5) is 271. The molecule has 25 N–H and O–H groups in total. The molecule has 15 amide bonds. The van der Waals surface area contributed by atoms with Crippen molar-refractivity contribution in [3.8, 4) is 0 Å². The Kier molecular flexibility index (Phi) is 38.8. The van der Waals surface area contributed by atoms with Crippen LogP contribution < -0.4 is 91.6 Å². The van der Waals surface area contributed by atoms with Crippen molar-refractivity contribution in [2.45, 2.75) is 234 Å². The molecule has 0 spiro atoms. The number of benzene rings is 4. The summed E-state index contributed by atoms with van der Waals surface area (Å²) >= 11 is 1.05. The first kappa shape index (κ1) is 103. The minimum Gasteiger partial charge on any atom is -0.481 e. The Bertz CT molecular complexity index is 4780. The van der Waals surface area contributed by atoms with Crippen LogP contribution in [0.3, 0.4) is 0 Å². The molecule has 1 unspecified atom stereocenters. The van der Waals surface area contributed by atoms with Crippen LogP contribution in [0.25, 0.3) is 10.8 Å². The number of carbonyl (C=O) groups is 19. The van der Waals surface area contributed by atoms with Crippen molar-refractivity contribution in [3.05, 3.63) is 119 Å². The SMILES string of the molecule is C[C@H]1NC(=O)[C@H](Cc2cccc3ccccc23)NC(=O)[C@H](CCC(=O)O)NC(=O)[C@H](CC(N)=O)NC(=O)[C@@H](C)NC(=O)[C@@H](NC(=O)[C@H](C)N)CN(C)Cc2cc3cc(c2)CN(C)C[C@@H](C(N)=O)NC(=O)[C@H](C(C)(C)C)NC(=O)[C@H](CC(=O)O)NC(=O)[C@H](CC2CC[C@@H]2O)NC(=O)[C@H](Cc2ccccc2)NC(=O)[C@H](CC(=O)O)NC(=O)[C@H](CCC(=O)O)NC(=O)[C@@H](CSC3)N1. The first-order chi connectivity index (χ1) is 60.7. The van der Waals surface area contributed by atoms with E-state index >= 15 is 9.59 Å². The van der Waals surface area contributed by atoms with Gasteiger partial charge in [-0.25, -0.2) is 0 Å². The van der Waals surface area contributed by atoms with E-state index in [0.29, 0.717) is 45.0 Å². The van der Waals surface area contributed by atoms with Gasteiger partial charge in [0.25, 0.3) is 0 Å². The predicted octanol–water partition coefficient (Wildman–Crippen LogP) is -4.70. The van der Waals surface area contributed by atoms with Crippen LogP contribution in [0.2, 0.25) is 0 Å². The normalized spacial score (nSPS) is 26.2. The van der Waals surface area contributed by atoms with Gasteiger partial charge >= 0.3 is 23.9 Å². The summed E-state index contributed by atoms with van der Waals surface area (Å²) < 4.78 is 0. The van der Waals surface area contributed by atoms with Crippen molar-refractivity contribution >= 4 is 135 Å². The van der Waals surface area contributed by atoms with Crippen LogP contribution in [0, 0.1) is 11.3 Å². The van der Waals surface area contributed by atoms with E-state index in [4.69, 9.17) is 17.2 Å². The fourth-order valence-corrected chi connectivity index (χ4v) is 15.7. The highest BCUT2D eigenvalue weighted by Crippen LogP contribution is 2.32. The van der Waals surface area contributed by atoms with Crippen LogP contribution in [0.4, 0.5) is 0 Å². The monoisotopic (exact) mass is 1820 g/mol. The number of hydrogen-bond donors (Lipinski definition) is 22. The van der Waals surface area contributed by atoms with Gasteiger partial charge in [0.2, 0.25) is 88.6 Å². The number of carbonyl (C=O) groups excluding carboxylic acids is 15. The zero-order valence-electron chi connectivity index (χ0n) is 72.7. The third kappa shape index (κ3) is 33.1. The molecule has 44 heteroatoms. The maximum Gasteiger partial charge on any atom is 0.305 e. The minimum atomic E-state index is -2.18. The second kappa shape index (κ2) is 48.4. The van der Waals surface area contributed by atoms with Crippen molar-refractivity contribution in [1.29, 1.82) is 0 Å². The summed E-state index contributed by atoms with van der Waals surface area (Å²) in [5, 5.41) is 88.2. The van der Waals surface area contributed by atoms with E-state index in [2.05, 4.69) is 74.4 Å². The summed E-state index contributed by atoms with van der Waals surface area (Å²) in [7, 11) is 3.11. The molecule has 2 heterocycles. The predicted molar refractivity (Wildman–Crippen MR) is 464 cm³/mol. The molecule has 3 aliphatic rings. The Morgan fingerprint density at radius 2 is 0.977 bits per heavy atom. The molecule has 43 nitrogen and oxygen atoms in total. The van der Waals surface area contributed by atoms with Crippen molar-refractivity contribution in [3.63, 3.8) is 0 Å². The largest absolute Gasteiger partial charge is 0.481 e. The quantitative estimate of drug-likeness (QED) is 0.0373. The van der Waals surface area contributed by atoms with Crippen LogP contribution >= 0.6 is 11.8 Å². The van der Waals surface area contributed by atoms with Gasteiger partial charge in [-0.3, -0.25) is 106 Å². The second-order valence-electron chi connectivity index (χ2n) is 33.8. The van der Waals surface area contributed by atoms with Crippen molar-refractivity contribution in [2.24, 2.45) is 28.5 Å². The van der Waals surface area contributed by atoms with Gasteiger partial charge in [0.1, 0.15) is 72.5 Å². The average molecular weight is 1820 g/mol. The molecule has 1 saturated carbocycles. The Morgan fingerprint density at radius 3 is 1.51 bits per heavy atom. The fraction of sp³-hybridized carbons (Fsp3) is 0.518. The maximum absolute atomic E-state index is 15.5. The highest BCUT2D eigenvalue weighted by atomic mass is 32.2. The lowest BCUT2D eigenvalue weighted by molar-refractivity contribution is -0.143. The third-order valence-corrected chi connectivity index (χ3v) is 22.7. The molecule has 4 bridgehead atoms. The average Bonchev–Trinajstić information content (AvgIpc) is 0.826. The van der Waals surface area contributed by atoms with Crippen LogP contribution in [0.15, 0.2) is 91.0 Å². The molecule has 17 atom stereocenters. The van der Waals surface area contributed by atoms with E-state index in [0.717, 1.165) is 11.8 Å². The molecular weight excluding hydrogens is 1700 g/mol. The number of fused-ring (bicyclic) bond motifs is 6. The number of hydrogen-bond acceptors (Lipinski definition) is 25. The standard InChI is InChI=1S/C85H117N19O24S/c1-42(86)72(116)101-62-39-104(8)37-47-27-46-28-48(29-47)40-129-41-63(90-44(3)91-76(120)56(31-50-19-14-18-49-17-12-13-20-52(49)50)96-74(118)53(22-25-66(107)108)92-79(123)58(33-65(87)106)94-73(117)43(2)89-82(62)126)83(127)93-54(23-26-67(109)110)75(119)98-59(34-68(111)112)80(124)95-55(30-45-15-10-9-11-16-45)77(121)97-57(32-51-21-24-64(51)105)78(122)99-60(35-69(113)114)81(125)102-70(85(4,5)6)84(128)100-61(71(88)115)38-103(7)36-46/h9-20,27-29,42-44,51,53-64,70,90,105H,21-26,30-41,86H2,1-8H3,(H2,87,106)(H2,88,115)(H,89,126)(H,91,120)(H,92,123)(H,93,127)(H,94,117)(H,95,124)(H,96,118)(H,97,121)(H,98,119)(H,99,122)(H,100,128)(H,101,116)(H,102,125)(H,107,108)(H,109,110)(H,111,112)(H,113,114)/t42-,43+,44+,51?,53-,54-,55-,56-,57-,58-,59-,60-,61-,62-,63+,64-,70+/m0/s1. The number of amides is 15. The van der Waals surface area contributed by atoms with Crippen LogP contribution in [0.1, 0.15) is 134 Å². The van der Waals surface area contributed by atoms with Crippen LogP contribution in [-0.2, 0) is 123 Å². The molecule has 0 radical (unpaired) electrons. The Labute approximate surface area is 747 Å². The van der Waals surface area contributed by atoms with Gasteiger partial charge in [-0.1, -0.05) is 112 Å². The van der Waals surface area contributed by atoms with E-state index in [1.54, 1.807) is 103 Å². The van der Waals surface area contributed by atoms with E-state index in [1.807, 2.05) is 0 Å². The fourth-order valence-electron chi connectivity index (χ4n) is 14.7. The third-order valence-electron chi connectivity index (χ3n) is 21.6. The zero-order chi connectivity index (χ0) is 95.4. The molecule has 1 aliphatic carbocycles. The van der Waals surface area contributed by atoms with Crippen molar-refractivity contribution < 1.29 is 117 Å². The minimum absolute atomic E-state index is 0.0473. The summed E-state index contributed by atoms with van der Waals surface area (Å²) in [5.41, 5.74) is 18.6. The number of aliphatic carboxylic acids is 4. The number of primary amides is 2. The summed E-state index contributed by atoms with van der Waals surface area (Å²) in [6.07, 6.45) is -9.41. The molecule has 1 fully saturated rings. The first-order valence-electron chi connectivity index (χ1n) is 41.9. The smallest absolute Gasteiger partial charge is 0.305 e. The summed E-state index contributed by atoms with van der Waals surface area (Å²) in [6.45, 7) is 7.59. The van der Waals surface area contributed by atoms with E-state index < -0.39 is 272 Å². The molecule has 0 aromatic heterocycles. The number of aliphatic hydroxyl groups excluding tert-OH is 1. The van der Waals surface area contributed by atoms with E-state index in [9.17, 15) is 107 Å². The Balaban J connectivity index is 1.42. The number of likely N-dealkylation sites (N-methyl/N-ethyl adjacent to an activating group) is 2. The second-order valence-corrected chi connectivity index (χ2v) is 34.8. The van der Waals surface area contributed by atoms with Gasteiger partial charge in [-0.2, -0.15) is 11.8 Å². The van der Waals surface area contributed by atoms with E-state index in [-0.39, 0.29) is 56.9 Å². The van der Waals surface area contributed by atoms with Gasteiger partial charge in [0.15, 0.2) is 0 Å². The number of aliphatic hydroxyl groups is 1. The highest BCUT2D eigenvalue weighted by molar-refractivity contribution is 7.98. The molecule has 7 rings (SSSR count). The number of rotatable bonds is 21. The van der Waals surface area contributed by atoms with Gasteiger partial charge in [-0.15, -0.1) is 0 Å². The number of nitrogens with zero attached hydrogens (tertiary/aromatic N) is 2. The number of carboxylic acids is 4. The van der Waals surface area contributed by atoms with Gasteiger partial charge in [0, 0.05) is 63.4 Å². The van der Waals surface area contributed by atoms with Gasteiger partial charge in [0.05, 0.1) is 43.6 Å². The lowest BCUT2D eigenvalue weighted by Gasteiger charge is -2.36. The number of carboxylic acid groups (broad SMARTS) is 4. The molecule has 702 valence electrons. The van der Waals surface area contributed by atoms with Gasteiger partial charge < -0.3 is 112 Å². The molecular formula is C85H117N19O24S. The van der Waals surface area contributed by atoms with Crippen molar-refractivity contribution in [1.82, 2.24) is 84.2 Å². The number of nitrogens with one attached hydrogen (secondary N) is 14. The zero-order valence-corrected chi connectivity index (χ0v) is 73.5. The molecule has 4 aromatic carbocycles. The first-order valence-corrected chi connectivity index (χ1v) is 43.0. The highest BCUT2D eigenvalue weighted by Gasteiger charge is 2.43. The van der Waals surface area contributed by atoms with Crippen LogP contribution in [0.5, 0.6) is 0 Å². The molecule has 4 aromatic rings. The topological polar surface area (TPSA) is 678 Å². The lowest BCUT2D eigenvalue weighted by atomic mass is 9.77. The summed E-state index contributed by atoms with van der Waals surface area (Å²) in [5.74, 6) is -24.5. The maximum atomic E-state index is 15.5. The molecule has 0 saturated heterocycles. The number of nitrogens with two attached hydrogens (primary N) is 3. The van der Waals surface area contributed by atoms with Gasteiger partial charge in [-0.05, 0) is 117 Å². The van der Waals surface area contributed by atoms with Crippen molar-refractivity contribution in [2.75, 3.05) is 32.9 Å². The summed E-state index contributed by atoms with van der Waals surface area (Å²) in [6, 6.07) is 0.615.